The molecular formula is C14H15ClN2O3S. The molecule has 112 valence electrons. The van der Waals surface area contributed by atoms with Crippen LogP contribution >= 0.6 is 11.6 Å². The monoisotopic (exact) mass is 326 g/mol. The Kier molecular flexibility index (Phi) is 4.82. The van der Waals surface area contributed by atoms with Gasteiger partial charge in [-0.15, -0.1) is 0 Å². The molecular weight excluding hydrogens is 312 g/mol. The number of sulfonamides is 1. The smallest absolute Gasteiger partial charge is 0.241 e. The molecule has 0 bridgehead atoms. The zero-order chi connectivity index (χ0) is 15.5. The number of ether oxygens (including phenoxy) is 1. The minimum atomic E-state index is -3.59. The lowest BCUT2D eigenvalue weighted by atomic mass is 10.2. The molecule has 2 aromatic rings. The minimum Gasteiger partial charge on any atom is -0.481 e. The molecule has 2 rings (SSSR count). The van der Waals surface area contributed by atoms with Crippen LogP contribution in [0.1, 0.15) is 11.1 Å². The van der Waals surface area contributed by atoms with Crippen LogP contribution < -0.4 is 9.46 Å². The van der Waals surface area contributed by atoms with Gasteiger partial charge in [-0.3, -0.25) is 0 Å². The van der Waals surface area contributed by atoms with E-state index in [1.165, 1.54) is 13.2 Å². The van der Waals surface area contributed by atoms with Crippen LogP contribution in [-0.2, 0) is 16.6 Å². The van der Waals surface area contributed by atoms with Gasteiger partial charge in [-0.2, -0.15) is 0 Å². The van der Waals surface area contributed by atoms with Crippen molar-refractivity contribution >= 4 is 21.6 Å². The van der Waals surface area contributed by atoms with E-state index in [1.54, 1.807) is 37.4 Å². The summed E-state index contributed by atoms with van der Waals surface area (Å²) in [4.78, 5) is 4.24. The summed E-state index contributed by atoms with van der Waals surface area (Å²) in [5.74, 6) is 0.482. The van der Waals surface area contributed by atoms with Crippen LogP contribution in [0.15, 0.2) is 41.4 Å². The Morgan fingerprint density at radius 3 is 2.62 bits per heavy atom. The van der Waals surface area contributed by atoms with Gasteiger partial charge < -0.3 is 4.74 Å². The molecule has 1 N–H and O–H groups in total. The van der Waals surface area contributed by atoms with Crippen LogP contribution in [0.2, 0.25) is 5.02 Å². The Morgan fingerprint density at radius 1 is 1.29 bits per heavy atom. The van der Waals surface area contributed by atoms with E-state index in [0.717, 1.165) is 5.56 Å². The molecule has 0 saturated heterocycles. The summed E-state index contributed by atoms with van der Waals surface area (Å²) in [5, 5.41) is 0.505. The van der Waals surface area contributed by atoms with Crippen LogP contribution in [0, 0.1) is 6.92 Å². The van der Waals surface area contributed by atoms with Gasteiger partial charge >= 0.3 is 0 Å². The van der Waals surface area contributed by atoms with E-state index >= 15 is 0 Å². The van der Waals surface area contributed by atoms with Crippen molar-refractivity contribution in [2.24, 2.45) is 0 Å². The second-order valence-corrected chi connectivity index (χ2v) is 6.61. The molecule has 0 unspecified atom stereocenters. The largest absolute Gasteiger partial charge is 0.481 e. The van der Waals surface area contributed by atoms with Crippen molar-refractivity contribution in [2.45, 2.75) is 18.4 Å². The van der Waals surface area contributed by atoms with E-state index in [4.69, 9.17) is 16.3 Å². The van der Waals surface area contributed by atoms with E-state index in [1.807, 2.05) is 0 Å². The van der Waals surface area contributed by atoms with E-state index in [0.29, 0.717) is 16.5 Å². The summed E-state index contributed by atoms with van der Waals surface area (Å²) in [7, 11) is -2.07. The van der Waals surface area contributed by atoms with Crippen molar-refractivity contribution < 1.29 is 13.2 Å². The van der Waals surface area contributed by atoms with Gasteiger partial charge in [0.2, 0.25) is 15.9 Å². The highest BCUT2D eigenvalue weighted by Gasteiger charge is 2.16. The fraction of sp³-hybridized carbons (Fsp3) is 0.214. The molecule has 1 heterocycles. The molecule has 1 aromatic carbocycles. The average molecular weight is 327 g/mol. The van der Waals surface area contributed by atoms with Gasteiger partial charge in [0.15, 0.2) is 0 Å². The average Bonchev–Trinajstić information content (AvgIpc) is 2.45. The Labute approximate surface area is 129 Å². The molecule has 7 heteroatoms. The first-order chi connectivity index (χ1) is 9.92. The predicted octanol–water partition coefficient (Wildman–Crippen LogP) is 2.53. The number of rotatable bonds is 5. The fourth-order valence-corrected chi connectivity index (χ4v) is 3.28. The summed E-state index contributed by atoms with van der Waals surface area (Å²) in [6, 6.07) is 8.09. The molecule has 0 aliphatic heterocycles. The zero-order valence-corrected chi connectivity index (χ0v) is 13.2. The highest BCUT2D eigenvalue weighted by atomic mass is 35.5. The van der Waals surface area contributed by atoms with Gasteiger partial charge in [-0.05, 0) is 36.2 Å². The summed E-state index contributed by atoms with van der Waals surface area (Å²) in [5.41, 5.74) is 1.34. The van der Waals surface area contributed by atoms with Crippen molar-refractivity contribution in [3.63, 3.8) is 0 Å². The first-order valence-electron chi connectivity index (χ1n) is 6.17. The number of nitrogens with one attached hydrogen (secondary N) is 1. The molecule has 0 saturated carbocycles. The number of aromatic nitrogens is 1. The third-order valence-electron chi connectivity index (χ3n) is 2.90. The number of benzene rings is 1. The van der Waals surface area contributed by atoms with Gasteiger partial charge in [-0.1, -0.05) is 17.7 Å². The van der Waals surface area contributed by atoms with Gasteiger partial charge in [-0.25, -0.2) is 18.1 Å². The van der Waals surface area contributed by atoms with Gasteiger partial charge in [0.05, 0.1) is 12.0 Å². The fourth-order valence-electron chi connectivity index (χ4n) is 1.81. The normalized spacial score (nSPS) is 11.4. The van der Waals surface area contributed by atoms with Gasteiger partial charge in [0.25, 0.3) is 0 Å². The van der Waals surface area contributed by atoms with Crippen molar-refractivity contribution in [1.29, 1.82) is 0 Å². The third-order valence-corrected chi connectivity index (χ3v) is 4.70. The first-order valence-corrected chi connectivity index (χ1v) is 8.03. The number of hydrogen-bond acceptors (Lipinski definition) is 4. The lowest BCUT2D eigenvalue weighted by molar-refractivity contribution is 0.397. The molecule has 0 aliphatic carbocycles. The highest BCUT2D eigenvalue weighted by molar-refractivity contribution is 7.89. The van der Waals surface area contributed by atoms with Crippen molar-refractivity contribution in [3.05, 3.63) is 52.7 Å². The Bertz CT molecular complexity index is 730. The standard InChI is InChI=1S/C14H15ClN2O3S/c1-10-7-12(15)4-5-13(10)21(18,19)17-9-11-3-6-14(20-2)16-8-11/h3-8,17H,9H2,1-2H3. The molecule has 1 aromatic heterocycles. The SMILES string of the molecule is COc1ccc(CNS(=O)(=O)c2ccc(Cl)cc2C)cn1. The maximum atomic E-state index is 12.3. The molecule has 21 heavy (non-hydrogen) atoms. The molecule has 0 amide bonds. The molecule has 0 aliphatic rings. The Balaban J connectivity index is 2.13. The second-order valence-electron chi connectivity index (χ2n) is 4.44. The van der Waals surface area contributed by atoms with Crippen LogP contribution in [0.4, 0.5) is 0 Å². The molecule has 0 atom stereocenters. The second kappa shape index (κ2) is 6.43. The number of methoxy groups -OCH3 is 1. The van der Waals surface area contributed by atoms with E-state index in [9.17, 15) is 8.42 Å². The maximum absolute atomic E-state index is 12.3. The number of hydrogen-bond donors (Lipinski definition) is 1. The Hall–Kier alpha value is -1.63. The molecule has 0 radical (unpaired) electrons. The lowest BCUT2D eigenvalue weighted by Crippen LogP contribution is -2.24. The number of halogens is 1. The van der Waals surface area contributed by atoms with E-state index < -0.39 is 10.0 Å². The van der Waals surface area contributed by atoms with Crippen LogP contribution in [0.25, 0.3) is 0 Å². The molecule has 5 nitrogen and oxygen atoms in total. The topological polar surface area (TPSA) is 68.3 Å². The predicted molar refractivity (Wildman–Crippen MR) is 81.0 cm³/mol. The lowest BCUT2D eigenvalue weighted by Gasteiger charge is -2.09. The van der Waals surface area contributed by atoms with Gasteiger partial charge in [0, 0.05) is 23.8 Å². The third kappa shape index (κ3) is 3.93. The van der Waals surface area contributed by atoms with Crippen LogP contribution in [-0.4, -0.2) is 20.5 Å². The van der Waals surface area contributed by atoms with Crippen molar-refractivity contribution in [2.75, 3.05) is 7.11 Å². The number of pyridine rings is 1. The zero-order valence-electron chi connectivity index (χ0n) is 11.6. The summed E-state index contributed by atoms with van der Waals surface area (Å²) < 4.78 is 32.0. The van der Waals surface area contributed by atoms with Crippen LogP contribution in [0.3, 0.4) is 0 Å². The maximum Gasteiger partial charge on any atom is 0.241 e. The van der Waals surface area contributed by atoms with Crippen molar-refractivity contribution in [1.82, 2.24) is 9.71 Å². The molecule has 0 spiro atoms. The summed E-state index contributed by atoms with van der Waals surface area (Å²) in [6.07, 6.45) is 1.57. The number of nitrogens with zero attached hydrogens (tertiary/aromatic N) is 1. The number of aryl methyl sites for hydroxylation is 1. The van der Waals surface area contributed by atoms with Gasteiger partial charge in [0.1, 0.15) is 0 Å². The quantitative estimate of drug-likeness (QED) is 0.916. The molecule has 0 fully saturated rings. The summed E-state index contributed by atoms with van der Waals surface area (Å²) in [6.45, 7) is 1.86. The minimum absolute atomic E-state index is 0.154. The van der Waals surface area contributed by atoms with E-state index in [-0.39, 0.29) is 11.4 Å². The van der Waals surface area contributed by atoms with Crippen molar-refractivity contribution in [3.8, 4) is 5.88 Å². The first kappa shape index (κ1) is 15.8. The van der Waals surface area contributed by atoms with E-state index in [2.05, 4.69) is 9.71 Å². The Morgan fingerprint density at radius 2 is 2.05 bits per heavy atom. The summed E-state index contributed by atoms with van der Waals surface area (Å²) >= 11 is 5.83. The highest BCUT2D eigenvalue weighted by Crippen LogP contribution is 2.19. The van der Waals surface area contributed by atoms with Crippen LogP contribution in [0.5, 0.6) is 5.88 Å².